The molecule has 1 N–H and O–H groups in total. The summed E-state index contributed by atoms with van der Waals surface area (Å²) in [5.41, 5.74) is 0. The molecule has 0 aliphatic carbocycles. The van der Waals surface area contributed by atoms with E-state index < -0.39 is 0 Å². The van der Waals surface area contributed by atoms with Crippen molar-refractivity contribution >= 4 is 5.97 Å². The van der Waals surface area contributed by atoms with Gasteiger partial charge in [0.15, 0.2) is 0 Å². The summed E-state index contributed by atoms with van der Waals surface area (Å²) in [6.45, 7) is 0.104. The van der Waals surface area contributed by atoms with E-state index in [2.05, 4.69) is 9.57 Å². The Bertz CT molecular complexity index is 73.7. The lowest BCUT2D eigenvalue weighted by Crippen LogP contribution is -2.04. The number of carbonyl (C=O) groups is 1. The molecule has 0 aromatic rings. The molecule has 0 saturated carbocycles. The number of methoxy groups -OCH3 is 1. The minimum Gasteiger partial charge on any atom is -0.469 e. The molecular weight excluding hydrogens is 110 g/mol. The third-order valence-electron chi connectivity index (χ3n) is 0.636. The van der Waals surface area contributed by atoms with Crippen molar-refractivity contribution in [3.63, 3.8) is 0 Å². The third kappa shape index (κ3) is 3.58. The molecule has 8 heavy (non-hydrogen) atoms. The number of carbonyl (C=O) groups excluding carboxylic acids is 1. The third-order valence-corrected chi connectivity index (χ3v) is 0.636. The molecule has 0 spiro atoms. The predicted octanol–water partition coefficient (Wildman–Crippen LogP) is -0.236. The quantitative estimate of drug-likeness (QED) is 0.379. The summed E-state index contributed by atoms with van der Waals surface area (Å²) in [7, 11) is 1.30. The van der Waals surface area contributed by atoms with E-state index in [-0.39, 0.29) is 19.0 Å². The molecule has 0 aliphatic heterocycles. The molecule has 1 radical (unpaired) electrons. The number of ether oxygens (including phenoxy) is 1. The van der Waals surface area contributed by atoms with Gasteiger partial charge in [-0.1, -0.05) is 0 Å². The van der Waals surface area contributed by atoms with Crippen LogP contribution in [0.5, 0.6) is 0 Å². The average molecular weight is 118 g/mol. The fourth-order valence-corrected chi connectivity index (χ4v) is 0.236. The summed E-state index contributed by atoms with van der Waals surface area (Å²) in [5.74, 6) is 5.81. The van der Waals surface area contributed by atoms with Crippen molar-refractivity contribution in [3.05, 3.63) is 0 Å². The molecule has 4 heteroatoms. The van der Waals surface area contributed by atoms with Crippen LogP contribution in [0.1, 0.15) is 6.42 Å². The van der Waals surface area contributed by atoms with Gasteiger partial charge in [0.2, 0.25) is 0 Å². The van der Waals surface area contributed by atoms with Crippen molar-refractivity contribution in [2.45, 2.75) is 6.42 Å². The van der Waals surface area contributed by atoms with Gasteiger partial charge in [0.05, 0.1) is 20.1 Å². The standard InChI is InChI=1S/C4H8NO3/c1-7-4(6)2-3-8-5/h5H,2-3H2,1H3. The minimum absolute atomic E-state index is 0.104. The summed E-state index contributed by atoms with van der Waals surface area (Å²) in [6, 6.07) is 0. The molecule has 0 atom stereocenters. The molecule has 0 aliphatic rings. The van der Waals surface area contributed by atoms with Gasteiger partial charge in [0.1, 0.15) is 0 Å². The Morgan fingerprint density at radius 2 is 2.38 bits per heavy atom. The largest absolute Gasteiger partial charge is 0.469 e. The van der Waals surface area contributed by atoms with E-state index in [0.717, 1.165) is 0 Å². The zero-order valence-electron chi connectivity index (χ0n) is 4.64. The summed E-state index contributed by atoms with van der Waals surface area (Å²) < 4.78 is 4.25. The van der Waals surface area contributed by atoms with Crippen molar-refractivity contribution in [1.29, 1.82) is 0 Å². The Labute approximate surface area is 47.5 Å². The maximum absolute atomic E-state index is 10.2. The minimum atomic E-state index is -0.350. The summed E-state index contributed by atoms with van der Waals surface area (Å²) in [4.78, 5) is 14.0. The van der Waals surface area contributed by atoms with E-state index in [0.29, 0.717) is 0 Å². The fourth-order valence-electron chi connectivity index (χ4n) is 0.236. The van der Waals surface area contributed by atoms with Crippen molar-refractivity contribution < 1.29 is 14.4 Å². The molecule has 0 fully saturated rings. The van der Waals surface area contributed by atoms with Gasteiger partial charge in [0, 0.05) is 0 Å². The Morgan fingerprint density at radius 3 is 2.75 bits per heavy atom. The van der Waals surface area contributed by atoms with Crippen LogP contribution >= 0.6 is 0 Å². The van der Waals surface area contributed by atoms with Crippen LogP contribution in [0.4, 0.5) is 0 Å². The van der Waals surface area contributed by atoms with Crippen LogP contribution in [0.3, 0.4) is 0 Å². The highest BCUT2D eigenvalue weighted by atomic mass is 16.6. The molecule has 4 nitrogen and oxygen atoms in total. The highest BCUT2D eigenvalue weighted by Crippen LogP contribution is 1.81. The number of esters is 1. The van der Waals surface area contributed by atoms with Crippen LogP contribution in [0, 0.1) is 0 Å². The molecule has 47 valence electrons. The zero-order valence-corrected chi connectivity index (χ0v) is 4.64. The Hall–Kier alpha value is -0.610. The van der Waals surface area contributed by atoms with E-state index in [1.807, 2.05) is 0 Å². The number of nitrogens with one attached hydrogen (secondary N) is 1. The first-order chi connectivity index (χ1) is 3.81. The lowest BCUT2D eigenvalue weighted by Gasteiger charge is -1.93. The fraction of sp³-hybridized carbons (Fsp3) is 0.750. The Morgan fingerprint density at radius 1 is 1.75 bits per heavy atom. The molecule has 0 heterocycles. The molecular formula is C4H8NO3. The lowest BCUT2D eigenvalue weighted by atomic mass is 10.5. The molecule has 0 bridgehead atoms. The first-order valence-electron chi connectivity index (χ1n) is 2.16. The zero-order chi connectivity index (χ0) is 6.41. The first-order valence-corrected chi connectivity index (χ1v) is 2.16. The Kier molecular flexibility index (Phi) is 4.20. The van der Waals surface area contributed by atoms with Crippen LogP contribution < -0.4 is 5.90 Å². The molecule has 0 saturated heterocycles. The normalized spacial score (nSPS) is 8.75. The van der Waals surface area contributed by atoms with Crippen LogP contribution in [0.2, 0.25) is 0 Å². The van der Waals surface area contributed by atoms with Gasteiger partial charge in [0.25, 0.3) is 0 Å². The van der Waals surface area contributed by atoms with Gasteiger partial charge < -0.3 is 4.74 Å². The second kappa shape index (κ2) is 4.55. The highest BCUT2D eigenvalue weighted by molar-refractivity contribution is 5.69. The van der Waals surface area contributed by atoms with Crippen molar-refractivity contribution in [1.82, 2.24) is 5.90 Å². The number of rotatable bonds is 3. The molecule has 0 rings (SSSR count). The topological polar surface area (TPSA) is 59.3 Å². The summed E-state index contributed by atoms with van der Waals surface area (Å²) in [6.07, 6.45) is 0.153. The maximum Gasteiger partial charge on any atom is 0.307 e. The van der Waals surface area contributed by atoms with Gasteiger partial charge in [-0.05, 0) is 0 Å². The van der Waals surface area contributed by atoms with Gasteiger partial charge in [-0.25, -0.2) is 0 Å². The molecule has 0 aromatic carbocycles. The smallest absolute Gasteiger partial charge is 0.307 e. The van der Waals surface area contributed by atoms with E-state index in [4.69, 9.17) is 5.90 Å². The van der Waals surface area contributed by atoms with E-state index in [1.165, 1.54) is 7.11 Å². The number of hydrogen-bond donors (Lipinski definition) is 0. The SMILES string of the molecule is COC(=O)CCO[NH]. The molecule has 0 aromatic heterocycles. The first kappa shape index (κ1) is 7.39. The van der Waals surface area contributed by atoms with Gasteiger partial charge in [-0.15, -0.1) is 5.90 Å². The second-order valence-corrected chi connectivity index (χ2v) is 1.17. The van der Waals surface area contributed by atoms with Gasteiger partial charge in [-0.2, -0.15) is 0 Å². The van der Waals surface area contributed by atoms with Gasteiger partial charge in [-0.3, -0.25) is 9.63 Å². The van der Waals surface area contributed by atoms with Crippen LogP contribution in [-0.2, 0) is 14.4 Å². The maximum atomic E-state index is 10.2. The summed E-state index contributed by atoms with van der Waals surface area (Å²) >= 11 is 0. The summed E-state index contributed by atoms with van der Waals surface area (Å²) in [5, 5.41) is 0. The van der Waals surface area contributed by atoms with Crippen LogP contribution in [-0.4, -0.2) is 19.7 Å². The van der Waals surface area contributed by atoms with Crippen molar-refractivity contribution in [2.75, 3.05) is 13.7 Å². The van der Waals surface area contributed by atoms with E-state index in [1.54, 1.807) is 0 Å². The molecule has 0 amide bonds. The second-order valence-electron chi connectivity index (χ2n) is 1.17. The van der Waals surface area contributed by atoms with E-state index in [9.17, 15) is 4.79 Å². The van der Waals surface area contributed by atoms with E-state index >= 15 is 0 Å². The van der Waals surface area contributed by atoms with Crippen LogP contribution in [0.25, 0.3) is 0 Å². The van der Waals surface area contributed by atoms with Crippen molar-refractivity contribution in [3.8, 4) is 0 Å². The van der Waals surface area contributed by atoms with Gasteiger partial charge >= 0.3 is 5.97 Å². The average Bonchev–Trinajstić information content (AvgIpc) is 1.83. The van der Waals surface area contributed by atoms with Crippen LogP contribution in [0.15, 0.2) is 0 Å². The highest BCUT2D eigenvalue weighted by Gasteiger charge is 1.96. The number of hydrogen-bond acceptors (Lipinski definition) is 3. The lowest BCUT2D eigenvalue weighted by molar-refractivity contribution is -0.141. The monoisotopic (exact) mass is 118 g/mol. The predicted molar refractivity (Wildman–Crippen MR) is 25.7 cm³/mol. The molecule has 0 unspecified atom stereocenters. The Balaban J connectivity index is 2.99. The van der Waals surface area contributed by atoms with Crippen molar-refractivity contribution in [2.24, 2.45) is 0 Å².